The molecule has 4 heterocycles. The predicted molar refractivity (Wildman–Crippen MR) is 91.0 cm³/mol. The average molecular weight is 329 g/mol. The number of rotatable bonds is 4. The van der Waals surface area contributed by atoms with Crippen LogP contribution in [0.3, 0.4) is 0 Å². The van der Waals surface area contributed by atoms with Gasteiger partial charge in [-0.2, -0.15) is 5.10 Å². The minimum absolute atomic E-state index is 0.0944. The third-order valence-corrected chi connectivity index (χ3v) is 5.33. The summed E-state index contributed by atoms with van der Waals surface area (Å²) in [5, 5.41) is 10.5. The summed E-state index contributed by atoms with van der Waals surface area (Å²) in [6, 6.07) is 2.18. The summed E-state index contributed by atoms with van der Waals surface area (Å²) in [6.07, 6.45) is 3.56. The van der Waals surface area contributed by atoms with Crippen LogP contribution >= 0.6 is 11.3 Å². The Morgan fingerprint density at radius 2 is 2.35 bits per heavy atom. The molecule has 0 saturated heterocycles. The molecule has 0 aromatic carbocycles. The zero-order chi connectivity index (χ0) is 15.8. The van der Waals surface area contributed by atoms with Crippen molar-refractivity contribution in [3.05, 3.63) is 33.9 Å². The van der Waals surface area contributed by atoms with E-state index in [2.05, 4.69) is 50.5 Å². The van der Waals surface area contributed by atoms with Gasteiger partial charge in [0.05, 0.1) is 12.0 Å². The van der Waals surface area contributed by atoms with Gasteiger partial charge in [0.15, 0.2) is 5.65 Å². The molecule has 1 unspecified atom stereocenters. The lowest BCUT2D eigenvalue weighted by molar-refractivity contribution is 0.0490. The minimum Gasteiger partial charge on any atom is -0.371 e. The van der Waals surface area contributed by atoms with E-state index in [1.54, 1.807) is 6.33 Å². The van der Waals surface area contributed by atoms with Gasteiger partial charge in [0.2, 0.25) is 0 Å². The van der Waals surface area contributed by atoms with Crippen molar-refractivity contribution in [1.29, 1.82) is 0 Å². The molecule has 7 heteroatoms. The van der Waals surface area contributed by atoms with E-state index in [4.69, 9.17) is 4.74 Å². The summed E-state index contributed by atoms with van der Waals surface area (Å²) in [5.41, 5.74) is 3.11. The van der Waals surface area contributed by atoms with E-state index < -0.39 is 0 Å². The Morgan fingerprint density at radius 1 is 1.43 bits per heavy atom. The fraction of sp³-hybridized carbons (Fsp3) is 0.438. The molecular weight excluding hydrogens is 310 g/mol. The first-order valence-electron chi connectivity index (χ1n) is 7.85. The van der Waals surface area contributed by atoms with Crippen molar-refractivity contribution in [2.24, 2.45) is 0 Å². The normalized spacial score (nSPS) is 17.4. The van der Waals surface area contributed by atoms with Gasteiger partial charge in [0, 0.05) is 30.6 Å². The van der Waals surface area contributed by atoms with Crippen molar-refractivity contribution in [2.45, 2.75) is 25.9 Å². The van der Waals surface area contributed by atoms with E-state index in [1.165, 1.54) is 10.4 Å². The lowest BCUT2D eigenvalue weighted by Gasteiger charge is -2.28. The van der Waals surface area contributed by atoms with Gasteiger partial charge in [-0.15, -0.1) is 11.3 Å². The van der Waals surface area contributed by atoms with E-state index in [-0.39, 0.29) is 6.10 Å². The zero-order valence-electron chi connectivity index (χ0n) is 13.2. The highest BCUT2D eigenvalue weighted by Gasteiger charge is 2.25. The quantitative estimate of drug-likeness (QED) is 0.797. The molecule has 0 spiro atoms. The largest absolute Gasteiger partial charge is 0.371 e. The highest BCUT2D eigenvalue weighted by molar-refractivity contribution is 7.10. The molecule has 0 radical (unpaired) electrons. The maximum atomic E-state index is 6.00. The molecule has 6 nitrogen and oxygen atoms in total. The topological polar surface area (TPSA) is 66.9 Å². The fourth-order valence-corrected chi connectivity index (χ4v) is 4.07. The van der Waals surface area contributed by atoms with Gasteiger partial charge >= 0.3 is 0 Å². The molecule has 0 fully saturated rings. The number of hydrogen-bond acceptors (Lipinski definition) is 6. The molecule has 1 aliphatic rings. The molecule has 0 aliphatic carbocycles. The predicted octanol–water partition coefficient (Wildman–Crippen LogP) is 2.73. The van der Waals surface area contributed by atoms with Crippen molar-refractivity contribution in [1.82, 2.24) is 20.2 Å². The van der Waals surface area contributed by atoms with Crippen LogP contribution in [0.5, 0.6) is 0 Å². The van der Waals surface area contributed by atoms with Crippen LogP contribution in [0.2, 0.25) is 0 Å². The first-order valence-corrected chi connectivity index (χ1v) is 8.72. The minimum atomic E-state index is 0.0944. The Hall–Kier alpha value is -1.99. The van der Waals surface area contributed by atoms with E-state index in [9.17, 15) is 0 Å². The average Bonchev–Trinajstić information content (AvgIpc) is 3.21. The molecule has 0 amide bonds. The van der Waals surface area contributed by atoms with Crippen LogP contribution in [-0.2, 0) is 17.6 Å². The van der Waals surface area contributed by atoms with Crippen LogP contribution in [0.1, 0.15) is 29.2 Å². The smallest absolute Gasteiger partial charge is 0.186 e. The van der Waals surface area contributed by atoms with Crippen LogP contribution in [-0.4, -0.2) is 40.4 Å². The number of thiophene rings is 1. The molecule has 1 atom stereocenters. The highest BCUT2D eigenvalue weighted by atomic mass is 32.1. The van der Waals surface area contributed by atoms with Crippen molar-refractivity contribution < 1.29 is 4.74 Å². The van der Waals surface area contributed by atoms with Crippen molar-refractivity contribution >= 4 is 28.2 Å². The summed E-state index contributed by atoms with van der Waals surface area (Å²) in [7, 11) is 2.05. The number of hydrogen-bond donors (Lipinski definition) is 1. The summed E-state index contributed by atoms with van der Waals surface area (Å²) in [4.78, 5) is 12.3. The maximum absolute atomic E-state index is 6.00. The second-order valence-corrected chi connectivity index (χ2v) is 6.74. The van der Waals surface area contributed by atoms with Gasteiger partial charge in [0.1, 0.15) is 18.2 Å². The van der Waals surface area contributed by atoms with Crippen molar-refractivity contribution in [2.75, 3.05) is 25.1 Å². The number of aryl methyl sites for hydroxylation is 1. The van der Waals surface area contributed by atoms with Crippen LogP contribution in [0.25, 0.3) is 11.0 Å². The number of nitrogens with one attached hydrogen (secondary N) is 1. The van der Waals surface area contributed by atoms with Crippen molar-refractivity contribution in [3.63, 3.8) is 0 Å². The number of ether oxygens (including phenoxy) is 1. The number of fused-ring (bicyclic) bond motifs is 2. The Labute approximate surface area is 138 Å². The number of anilines is 1. The third kappa shape index (κ3) is 2.49. The van der Waals surface area contributed by atoms with Gasteiger partial charge in [-0.3, -0.25) is 5.10 Å². The molecule has 23 heavy (non-hydrogen) atoms. The van der Waals surface area contributed by atoms with Crippen LogP contribution in [0.15, 0.2) is 17.8 Å². The van der Waals surface area contributed by atoms with Crippen LogP contribution in [0, 0.1) is 0 Å². The molecule has 1 N–H and O–H groups in total. The molecule has 0 saturated carbocycles. The Morgan fingerprint density at radius 3 is 3.22 bits per heavy atom. The molecule has 3 aromatic heterocycles. The molecule has 1 aliphatic heterocycles. The summed E-state index contributed by atoms with van der Waals surface area (Å²) in [5.74, 6) is 0.909. The van der Waals surface area contributed by atoms with E-state index >= 15 is 0 Å². The van der Waals surface area contributed by atoms with Gasteiger partial charge in [0.25, 0.3) is 0 Å². The fourth-order valence-electron chi connectivity index (χ4n) is 3.15. The maximum Gasteiger partial charge on any atom is 0.186 e. The lowest BCUT2D eigenvalue weighted by atomic mass is 10.1. The monoisotopic (exact) mass is 329 g/mol. The SMILES string of the molecule is CCc1[nH]nc2ncnc(N(C)CC3OCCc4sccc43)c12. The second-order valence-electron chi connectivity index (χ2n) is 5.74. The number of aromatic amines is 1. The summed E-state index contributed by atoms with van der Waals surface area (Å²) in [6.45, 7) is 3.66. The number of likely N-dealkylation sites (N-methyl/N-ethyl adjacent to an activating group) is 1. The van der Waals surface area contributed by atoms with Crippen LogP contribution in [0.4, 0.5) is 5.82 Å². The summed E-state index contributed by atoms with van der Waals surface area (Å²) >= 11 is 1.82. The van der Waals surface area contributed by atoms with E-state index in [0.717, 1.165) is 48.5 Å². The third-order valence-electron chi connectivity index (χ3n) is 4.34. The molecule has 0 bridgehead atoms. The van der Waals surface area contributed by atoms with Gasteiger partial charge < -0.3 is 9.64 Å². The zero-order valence-corrected chi connectivity index (χ0v) is 14.1. The van der Waals surface area contributed by atoms with Gasteiger partial charge in [-0.1, -0.05) is 6.92 Å². The van der Waals surface area contributed by atoms with Gasteiger partial charge in [-0.25, -0.2) is 9.97 Å². The van der Waals surface area contributed by atoms with Crippen molar-refractivity contribution in [3.8, 4) is 0 Å². The Balaban J connectivity index is 1.66. The van der Waals surface area contributed by atoms with E-state index in [0.29, 0.717) is 0 Å². The first-order chi connectivity index (χ1) is 11.3. The second kappa shape index (κ2) is 5.90. The number of H-pyrrole nitrogens is 1. The standard InChI is InChI=1S/C16H19N5OS/c1-3-11-14-15(20-19-11)17-9-18-16(14)21(2)8-12-10-5-7-23-13(10)4-6-22-12/h5,7,9,12H,3-4,6,8H2,1-2H3,(H,17,18,19,20). The first kappa shape index (κ1) is 14.6. The number of nitrogens with zero attached hydrogens (tertiary/aromatic N) is 4. The molecule has 4 rings (SSSR count). The Bertz CT molecular complexity index is 827. The van der Waals surface area contributed by atoms with E-state index in [1.807, 2.05) is 11.3 Å². The molecular formula is C16H19N5OS. The van der Waals surface area contributed by atoms with Crippen LogP contribution < -0.4 is 4.90 Å². The Kier molecular flexibility index (Phi) is 3.74. The molecule has 3 aromatic rings. The highest BCUT2D eigenvalue weighted by Crippen LogP contribution is 2.33. The lowest BCUT2D eigenvalue weighted by Crippen LogP contribution is -2.29. The molecule has 120 valence electrons. The summed E-state index contributed by atoms with van der Waals surface area (Å²) < 4.78 is 6.00. The van der Waals surface area contributed by atoms with Gasteiger partial charge in [-0.05, 0) is 23.4 Å². The number of aromatic nitrogens is 4.